The lowest BCUT2D eigenvalue weighted by molar-refractivity contribution is 0.153. The highest BCUT2D eigenvalue weighted by Gasteiger charge is 2.27. The molecule has 1 N–H and O–H groups in total. The van der Waals surface area contributed by atoms with E-state index in [1.807, 2.05) is 6.92 Å². The molecule has 0 spiro atoms. The molecule has 0 radical (unpaired) electrons. The summed E-state index contributed by atoms with van der Waals surface area (Å²) in [7, 11) is 2.10. The molecule has 8 nitrogen and oxygen atoms in total. The fraction of sp³-hybridized carbons (Fsp3) is 0.579. The zero-order chi connectivity index (χ0) is 20.3. The van der Waals surface area contributed by atoms with Gasteiger partial charge in [-0.1, -0.05) is 0 Å². The molecule has 0 atom stereocenters. The van der Waals surface area contributed by atoms with Crippen molar-refractivity contribution in [3.05, 3.63) is 35.3 Å². The molecule has 0 saturated carbocycles. The first-order chi connectivity index (χ1) is 13.3. The van der Waals surface area contributed by atoms with Gasteiger partial charge in [-0.25, -0.2) is 11.6 Å². The van der Waals surface area contributed by atoms with Gasteiger partial charge in [-0.2, -0.15) is 19.2 Å². The molecule has 1 fully saturated rings. The molecule has 0 aromatic carbocycles. The lowest BCUT2D eigenvalue weighted by Gasteiger charge is -2.28. The number of aromatic nitrogens is 4. The van der Waals surface area contributed by atoms with Crippen molar-refractivity contribution in [1.82, 2.24) is 24.6 Å². The Hall–Kier alpha value is -2.73. The number of halogens is 1. The van der Waals surface area contributed by atoms with Crippen LogP contribution in [0.5, 0.6) is 5.88 Å². The summed E-state index contributed by atoms with van der Waals surface area (Å²) >= 11 is 0. The van der Waals surface area contributed by atoms with Gasteiger partial charge in [-0.05, 0) is 45.8 Å². The number of hydrogen-bond acceptors (Lipinski definition) is 6. The first-order valence-corrected chi connectivity index (χ1v) is 9.35. The van der Waals surface area contributed by atoms with Crippen LogP contribution in [0.3, 0.4) is 0 Å². The molecule has 0 bridgehead atoms. The van der Waals surface area contributed by atoms with Gasteiger partial charge >= 0.3 is 5.66 Å². The number of nitrogens with one attached hydrogen (secondary N) is 1. The monoisotopic (exact) mass is 387 g/mol. The zero-order valence-electron chi connectivity index (χ0n) is 16.7. The molecule has 3 rings (SSSR count). The highest BCUT2D eigenvalue weighted by atomic mass is 19.1. The fourth-order valence-corrected chi connectivity index (χ4v) is 2.97. The van der Waals surface area contributed by atoms with Gasteiger partial charge in [0.1, 0.15) is 0 Å². The summed E-state index contributed by atoms with van der Waals surface area (Å²) in [5, 5.41) is 7.41. The van der Waals surface area contributed by atoms with Crippen LogP contribution in [0, 0.1) is 25.2 Å². The summed E-state index contributed by atoms with van der Waals surface area (Å²) in [5.74, 6) is -0.00987. The zero-order valence-corrected chi connectivity index (χ0v) is 16.7. The molecular formula is C19H26FN7O. The number of anilines is 2. The van der Waals surface area contributed by atoms with Crippen molar-refractivity contribution in [2.75, 3.05) is 32.1 Å². The van der Waals surface area contributed by atoms with Crippen molar-refractivity contribution in [3.8, 4) is 5.88 Å². The van der Waals surface area contributed by atoms with Gasteiger partial charge in [0.05, 0.1) is 30.4 Å². The maximum absolute atomic E-state index is 14.1. The molecule has 2 aromatic rings. The topological polar surface area (TPSA) is 72.5 Å². The van der Waals surface area contributed by atoms with E-state index in [0.717, 1.165) is 32.1 Å². The Morgan fingerprint density at radius 1 is 1.39 bits per heavy atom. The van der Waals surface area contributed by atoms with E-state index in [0.29, 0.717) is 23.9 Å². The average molecular weight is 387 g/mol. The number of piperidine rings is 1. The Kier molecular flexibility index (Phi) is 5.79. The van der Waals surface area contributed by atoms with Crippen molar-refractivity contribution in [2.24, 2.45) is 5.92 Å². The van der Waals surface area contributed by atoms with Gasteiger partial charge in [-0.15, -0.1) is 0 Å². The van der Waals surface area contributed by atoms with Crippen LogP contribution in [0.2, 0.25) is 0 Å². The Bertz CT molecular complexity index is 866. The van der Waals surface area contributed by atoms with E-state index in [-0.39, 0.29) is 11.8 Å². The van der Waals surface area contributed by atoms with E-state index in [9.17, 15) is 4.39 Å². The molecule has 1 saturated heterocycles. The molecule has 1 aliphatic rings. The number of aryl methyl sites for hydroxylation is 1. The molecule has 0 amide bonds. The van der Waals surface area contributed by atoms with Gasteiger partial charge in [0.25, 0.3) is 5.88 Å². The Morgan fingerprint density at radius 3 is 2.79 bits per heavy atom. The number of ether oxygens (including phenoxy) is 1. The predicted octanol–water partition coefficient (Wildman–Crippen LogP) is 3.20. The molecule has 28 heavy (non-hydrogen) atoms. The van der Waals surface area contributed by atoms with Gasteiger partial charge in [-0.3, -0.25) is 4.85 Å². The van der Waals surface area contributed by atoms with Crippen LogP contribution in [-0.2, 0) is 5.66 Å². The maximum Gasteiger partial charge on any atom is 0.319 e. The summed E-state index contributed by atoms with van der Waals surface area (Å²) in [6.07, 6.45) is 4.88. The second-order valence-corrected chi connectivity index (χ2v) is 7.71. The molecule has 150 valence electrons. The van der Waals surface area contributed by atoms with E-state index < -0.39 is 11.5 Å². The minimum atomic E-state index is -0.795. The number of rotatable bonds is 6. The third kappa shape index (κ3) is 4.57. The van der Waals surface area contributed by atoms with E-state index >= 15 is 0 Å². The van der Waals surface area contributed by atoms with E-state index in [2.05, 4.69) is 37.2 Å². The molecule has 1 aliphatic heterocycles. The normalized spacial score (nSPS) is 16.0. The van der Waals surface area contributed by atoms with E-state index in [4.69, 9.17) is 11.3 Å². The second kappa shape index (κ2) is 8.10. The highest BCUT2D eigenvalue weighted by Crippen LogP contribution is 2.25. The minimum absolute atomic E-state index is 0.0528. The van der Waals surface area contributed by atoms with Crippen molar-refractivity contribution >= 4 is 11.6 Å². The first-order valence-electron chi connectivity index (χ1n) is 9.35. The first kappa shape index (κ1) is 20.0. The second-order valence-electron chi connectivity index (χ2n) is 7.71. The lowest BCUT2D eigenvalue weighted by Crippen LogP contribution is -2.32. The molecule has 3 heterocycles. The van der Waals surface area contributed by atoms with Crippen LogP contribution in [0.1, 0.15) is 32.4 Å². The van der Waals surface area contributed by atoms with Crippen molar-refractivity contribution in [1.29, 1.82) is 0 Å². The Morgan fingerprint density at radius 2 is 2.11 bits per heavy atom. The van der Waals surface area contributed by atoms with Crippen LogP contribution in [0.25, 0.3) is 4.85 Å². The standard InChI is InChI=1S/C19H26FN7O/c1-13-16(11-27(25-13)19(2,3)21-4)23-18-22-10-15(20)17(24-18)28-12-14-6-8-26(5)9-7-14/h10-11,14H,6-9,12H2,1-3,5H3,(H,22,23,24). The number of likely N-dealkylation sites (tertiary alicyclic amines) is 1. The maximum atomic E-state index is 14.1. The van der Waals surface area contributed by atoms with Gasteiger partial charge in [0.15, 0.2) is 0 Å². The third-order valence-corrected chi connectivity index (χ3v) is 4.99. The summed E-state index contributed by atoms with van der Waals surface area (Å²) in [6, 6.07) is 0. The van der Waals surface area contributed by atoms with Crippen LogP contribution >= 0.6 is 0 Å². The van der Waals surface area contributed by atoms with Crippen molar-refractivity contribution in [3.63, 3.8) is 0 Å². The SMILES string of the molecule is [C-]#[N+]C(C)(C)n1cc(Nc2ncc(F)c(OCC3CCN(C)CC3)n2)c(C)n1. The molecule has 0 aliphatic carbocycles. The summed E-state index contributed by atoms with van der Waals surface area (Å²) in [6.45, 7) is 15.2. The Balaban J connectivity index is 1.69. The number of nitrogens with zero attached hydrogens (tertiary/aromatic N) is 6. The summed E-state index contributed by atoms with van der Waals surface area (Å²) < 4.78 is 21.3. The van der Waals surface area contributed by atoms with Crippen molar-refractivity contribution < 1.29 is 9.13 Å². The van der Waals surface area contributed by atoms with Gasteiger partial charge in [0.2, 0.25) is 11.8 Å². The van der Waals surface area contributed by atoms with Crippen LogP contribution in [-0.4, -0.2) is 51.4 Å². The molecular weight excluding hydrogens is 361 g/mol. The highest BCUT2D eigenvalue weighted by molar-refractivity contribution is 5.55. The molecule has 9 heteroatoms. The molecule has 2 aromatic heterocycles. The lowest BCUT2D eigenvalue weighted by atomic mass is 9.98. The van der Waals surface area contributed by atoms with Crippen LogP contribution in [0.4, 0.5) is 16.0 Å². The van der Waals surface area contributed by atoms with Gasteiger partial charge < -0.3 is 15.0 Å². The van der Waals surface area contributed by atoms with Crippen LogP contribution in [0.15, 0.2) is 12.4 Å². The van der Waals surface area contributed by atoms with E-state index in [1.54, 1.807) is 24.7 Å². The number of hydrogen-bond donors (Lipinski definition) is 1. The quantitative estimate of drug-likeness (QED) is 0.768. The Labute approximate surface area is 164 Å². The van der Waals surface area contributed by atoms with Crippen LogP contribution < -0.4 is 10.1 Å². The fourth-order valence-electron chi connectivity index (χ4n) is 2.97. The average Bonchev–Trinajstić information content (AvgIpc) is 3.05. The van der Waals surface area contributed by atoms with E-state index in [1.165, 1.54) is 0 Å². The smallest absolute Gasteiger partial charge is 0.319 e. The minimum Gasteiger partial charge on any atom is -0.475 e. The summed E-state index contributed by atoms with van der Waals surface area (Å²) in [4.78, 5) is 14.0. The molecule has 0 unspecified atom stereocenters. The largest absolute Gasteiger partial charge is 0.475 e. The van der Waals surface area contributed by atoms with Crippen molar-refractivity contribution in [2.45, 2.75) is 39.3 Å². The summed E-state index contributed by atoms with van der Waals surface area (Å²) in [5.41, 5.74) is 0.555. The third-order valence-electron chi connectivity index (χ3n) is 4.99. The predicted molar refractivity (Wildman–Crippen MR) is 104 cm³/mol. The van der Waals surface area contributed by atoms with Gasteiger partial charge in [0, 0.05) is 13.8 Å².